The summed E-state index contributed by atoms with van der Waals surface area (Å²) in [6, 6.07) is 0. The van der Waals surface area contributed by atoms with Crippen molar-refractivity contribution in [2.45, 2.75) is 64.4 Å². The Labute approximate surface area is 88.2 Å². The molecule has 0 saturated carbocycles. The normalized spacial score (nSPS) is 23.7. The summed E-state index contributed by atoms with van der Waals surface area (Å²) in [6.45, 7) is 2.22. The van der Waals surface area contributed by atoms with E-state index in [9.17, 15) is 5.11 Å². The van der Waals surface area contributed by atoms with Gasteiger partial charge in [-0.25, -0.2) is 0 Å². The van der Waals surface area contributed by atoms with Crippen LogP contribution in [0.5, 0.6) is 0 Å². The van der Waals surface area contributed by atoms with Crippen LogP contribution in [0.25, 0.3) is 0 Å². The van der Waals surface area contributed by atoms with E-state index in [1.807, 2.05) is 0 Å². The van der Waals surface area contributed by atoms with Gasteiger partial charge in [-0.3, -0.25) is 0 Å². The molecule has 0 aromatic rings. The molecule has 0 aromatic carbocycles. The number of rotatable bonds is 6. The summed E-state index contributed by atoms with van der Waals surface area (Å²) in [4.78, 5) is 0. The summed E-state index contributed by atoms with van der Waals surface area (Å²) in [7, 11) is 0. The number of unbranched alkanes of at least 4 members (excludes halogenated alkanes) is 3. The molecule has 0 saturated heterocycles. The zero-order chi connectivity index (χ0) is 10.2. The minimum atomic E-state index is -0.0802. The van der Waals surface area contributed by atoms with Gasteiger partial charge >= 0.3 is 0 Å². The van der Waals surface area contributed by atoms with Crippen LogP contribution >= 0.6 is 0 Å². The number of hydrogen-bond acceptors (Lipinski definition) is 1. The maximum atomic E-state index is 9.92. The zero-order valence-electron chi connectivity index (χ0n) is 9.41. The maximum absolute atomic E-state index is 9.92. The minimum Gasteiger partial charge on any atom is -0.393 e. The third kappa shape index (κ3) is 4.28. The molecule has 1 aliphatic carbocycles. The lowest BCUT2D eigenvalue weighted by molar-refractivity contribution is 0.110. The van der Waals surface area contributed by atoms with Gasteiger partial charge in [0.05, 0.1) is 6.10 Å². The van der Waals surface area contributed by atoms with E-state index in [4.69, 9.17) is 0 Å². The van der Waals surface area contributed by atoms with E-state index >= 15 is 0 Å². The molecule has 2 unspecified atom stereocenters. The Hall–Kier alpha value is -0.300. The Morgan fingerprint density at radius 3 is 2.86 bits per heavy atom. The highest BCUT2D eigenvalue weighted by molar-refractivity contribution is 4.95. The Morgan fingerprint density at radius 1 is 1.36 bits per heavy atom. The van der Waals surface area contributed by atoms with E-state index in [-0.39, 0.29) is 6.10 Å². The number of aliphatic hydroxyl groups is 1. The van der Waals surface area contributed by atoms with E-state index in [0.717, 1.165) is 6.42 Å². The molecule has 0 bridgehead atoms. The second-order valence-corrected chi connectivity index (χ2v) is 4.44. The molecule has 1 nitrogen and oxygen atoms in total. The van der Waals surface area contributed by atoms with Gasteiger partial charge in [-0.1, -0.05) is 44.8 Å². The fraction of sp³-hybridized carbons (Fsp3) is 0.846. The molecule has 2 atom stereocenters. The summed E-state index contributed by atoms with van der Waals surface area (Å²) in [5.74, 6) is 0.449. The lowest BCUT2D eigenvalue weighted by atomic mass is 9.88. The van der Waals surface area contributed by atoms with Gasteiger partial charge in [0, 0.05) is 5.92 Å². The molecule has 1 N–H and O–H groups in total. The first-order chi connectivity index (χ1) is 6.84. The topological polar surface area (TPSA) is 20.2 Å². The van der Waals surface area contributed by atoms with Gasteiger partial charge in [0.25, 0.3) is 0 Å². The molecule has 0 aromatic heterocycles. The first-order valence-electron chi connectivity index (χ1n) is 6.19. The summed E-state index contributed by atoms with van der Waals surface area (Å²) in [5.41, 5.74) is 0. The summed E-state index contributed by atoms with van der Waals surface area (Å²) < 4.78 is 0. The quantitative estimate of drug-likeness (QED) is 0.507. The van der Waals surface area contributed by atoms with Crippen molar-refractivity contribution in [2.75, 3.05) is 0 Å². The Morgan fingerprint density at radius 2 is 2.21 bits per heavy atom. The average Bonchev–Trinajstić information content (AvgIpc) is 2.25. The van der Waals surface area contributed by atoms with Crippen LogP contribution in [0.2, 0.25) is 0 Å². The van der Waals surface area contributed by atoms with Crippen molar-refractivity contribution < 1.29 is 5.11 Å². The predicted octanol–water partition coefficient (Wildman–Crippen LogP) is 3.67. The van der Waals surface area contributed by atoms with Crippen molar-refractivity contribution in [3.05, 3.63) is 12.2 Å². The molecule has 0 amide bonds. The highest BCUT2D eigenvalue weighted by Crippen LogP contribution is 2.23. The van der Waals surface area contributed by atoms with Crippen molar-refractivity contribution in [2.24, 2.45) is 5.92 Å². The van der Waals surface area contributed by atoms with Gasteiger partial charge in [0.15, 0.2) is 0 Å². The maximum Gasteiger partial charge on any atom is 0.0602 e. The van der Waals surface area contributed by atoms with Gasteiger partial charge in [-0.15, -0.1) is 0 Å². The molecule has 0 radical (unpaired) electrons. The van der Waals surface area contributed by atoms with Crippen molar-refractivity contribution in [3.8, 4) is 0 Å². The zero-order valence-corrected chi connectivity index (χ0v) is 9.41. The van der Waals surface area contributed by atoms with Crippen LogP contribution < -0.4 is 0 Å². The second kappa shape index (κ2) is 7.05. The molecule has 0 heterocycles. The second-order valence-electron chi connectivity index (χ2n) is 4.44. The largest absolute Gasteiger partial charge is 0.393 e. The highest BCUT2D eigenvalue weighted by atomic mass is 16.3. The van der Waals surface area contributed by atoms with Crippen molar-refractivity contribution in [1.82, 2.24) is 0 Å². The van der Waals surface area contributed by atoms with Crippen molar-refractivity contribution in [1.29, 1.82) is 0 Å². The minimum absolute atomic E-state index is 0.0802. The monoisotopic (exact) mass is 196 g/mol. The summed E-state index contributed by atoms with van der Waals surface area (Å²) in [5, 5.41) is 9.92. The van der Waals surface area contributed by atoms with E-state index in [0.29, 0.717) is 5.92 Å². The molecule has 0 aliphatic heterocycles. The summed E-state index contributed by atoms with van der Waals surface area (Å²) >= 11 is 0. The van der Waals surface area contributed by atoms with Gasteiger partial charge in [0.2, 0.25) is 0 Å². The van der Waals surface area contributed by atoms with Crippen LogP contribution in [-0.4, -0.2) is 11.2 Å². The number of aliphatic hydroxyl groups excluding tert-OH is 1. The van der Waals surface area contributed by atoms with E-state index in [2.05, 4.69) is 19.1 Å². The lowest BCUT2D eigenvalue weighted by Crippen LogP contribution is -2.19. The van der Waals surface area contributed by atoms with Crippen LogP contribution in [0.15, 0.2) is 12.2 Å². The van der Waals surface area contributed by atoms with E-state index < -0.39 is 0 Å². The van der Waals surface area contributed by atoms with Crippen molar-refractivity contribution in [3.63, 3.8) is 0 Å². The van der Waals surface area contributed by atoms with Crippen LogP contribution in [0, 0.1) is 5.92 Å². The van der Waals surface area contributed by atoms with Crippen LogP contribution in [0.1, 0.15) is 58.3 Å². The SMILES string of the molecule is CCCCCCC(O)C1C=CCCC1. The Balaban J connectivity index is 2.10. The molecule has 14 heavy (non-hydrogen) atoms. The molecule has 1 heteroatoms. The third-order valence-electron chi connectivity index (χ3n) is 3.14. The molecule has 0 spiro atoms. The van der Waals surface area contributed by atoms with E-state index in [1.165, 1.54) is 44.9 Å². The predicted molar refractivity (Wildman–Crippen MR) is 61.2 cm³/mol. The van der Waals surface area contributed by atoms with E-state index in [1.54, 1.807) is 0 Å². The average molecular weight is 196 g/mol. The molecular formula is C13H24O. The lowest BCUT2D eigenvalue weighted by Gasteiger charge is -2.22. The first-order valence-corrected chi connectivity index (χ1v) is 6.19. The molecule has 82 valence electrons. The first kappa shape index (κ1) is 11.8. The van der Waals surface area contributed by atoms with Gasteiger partial charge in [-0.05, 0) is 25.7 Å². The Bertz CT molecular complexity index is 163. The van der Waals surface area contributed by atoms with Gasteiger partial charge < -0.3 is 5.11 Å². The molecule has 1 aliphatic rings. The molecule has 1 rings (SSSR count). The summed E-state index contributed by atoms with van der Waals surface area (Å²) in [6.07, 6.45) is 14.1. The number of allylic oxidation sites excluding steroid dienone is 1. The fourth-order valence-corrected chi connectivity index (χ4v) is 2.15. The van der Waals surface area contributed by atoms with Gasteiger partial charge in [0.1, 0.15) is 0 Å². The highest BCUT2D eigenvalue weighted by Gasteiger charge is 2.17. The van der Waals surface area contributed by atoms with Crippen LogP contribution in [0.3, 0.4) is 0 Å². The standard InChI is InChI=1S/C13H24O/c1-2-3-4-8-11-13(14)12-9-6-5-7-10-12/h6,9,12-14H,2-5,7-8,10-11H2,1H3. The van der Waals surface area contributed by atoms with Crippen LogP contribution in [0.4, 0.5) is 0 Å². The smallest absolute Gasteiger partial charge is 0.0602 e. The van der Waals surface area contributed by atoms with Gasteiger partial charge in [-0.2, -0.15) is 0 Å². The van der Waals surface area contributed by atoms with Crippen LogP contribution in [-0.2, 0) is 0 Å². The fourth-order valence-electron chi connectivity index (χ4n) is 2.15. The molecule has 0 fully saturated rings. The third-order valence-corrected chi connectivity index (χ3v) is 3.14. The van der Waals surface area contributed by atoms with Crippen molar-refractivity contribution >= 4 is 0 Å². The number of hydrogen-bond donors (Lipinski definition) is 1. The Kier molecular flexibility index (Phi) is 5.93. The molecular weight excluding hydrogens is 172 g/mol.